The number of benzene rings is 1. The van der Waals surface area contributed by atoms with E-state index in [1.54, 1.807) is 0 Å². The molecular weight excluding hydrogens is 657 g/mol. The topological polar surface area (TPSA) is 104 Å². The summed E-state index contributed by atoms with van der Waals surface area (Å²) in [4.78, 5) is 7.41. The molecule has 0 radical (unpaired) electrons. The number of anilines is 1. The highest BCUT2D eigenvalue weighted by Crippen LogP contribution is 2.38. The fourth-order valence-electron chi connectivity index (χ4n) is 6.12. The van der Waals surface area contributed by atoms with Crippen molar-refractivity contribution in [2.45, 2.75) is 83.0 Å². The third-order valence-corrected chi connectivity index (χ3v) is 13.5. The molecule has 1 saturated carbocycles. The summed E-state index contributed by atoms with van der Waals surface area (Å²) in [6, 6.07) is 14.4. The van der Waals surface area contributed by atoms with Gasteiger partial charge in [-0.1, -0.05) is 57.5 Å². The van der Waals surface area contributed by atoms with Crippen molar-refractivity contribution in [1.82, 2.24) is 24.4 Å². The van der Waals surface area contributed by atoms with Crippen LogP contribution in [0, 0.1) is 5.92 Å². The van der Waals surface area contributed by atoms with E-state index in [1.807, 2.05) is 58.1 Å². The molecule has 0 atom stereocenters. The van der Waals surface area contributed by atoms with Crippen LogP contribution in [0.15, 0.2) is 55.0 Å². The van der Waals surface area contributed by atoms with Crippen LogP contribution in [0.5, 0.6) is 0 Å². The van der Waals surface area contributed by atoms with E-state index in [4.69, 9.17) is 19.6 Å². The molecule has 0 bridgehead atoms. The predicted octanol–water partition coefficient (Wildman–Crippen LogP) is 7.33. The summed E-state index contributed by atoms with van der Waals surface area (Å²) in [7, 11) is -5.52. The molecule has 0 amide bonds. The first-order valence-corrected chi connectivity index (χ1v) is 26.7. The highest BCUT2D eigenvalue weighted by molar-refractivity contribution is 7.90. The van der Waals surface area contributed by atoms with Gasteiger partial charge >= 0.3 is 0 Å². The standard InChI is InChI=1S/C35H54N6O4SSi2/c1-46(42,43)25-28-13-15-29(16-14-28)33-21-34(39(26-44-17-19-47(2,3)4)27-45-18-20-48(5,6)7)41-35(38-33)32(23-37-41)30-22-36-40(24-30)31-11-9-8-10-12-31/h8-12,21-24,28-29H,13-20,25-27H2,1-7H3/t28-,29-. The number of aromatic nitrogens is 5. The molecule has 10 nitrogen and oxygen atoms in total. The van der Waals surface area contributed by atoms with Crippen LogP contribution >= 0.6 is 0 Å². The Morgan fingerprint density at radius 3 is 2.08 bits per heavy atom. The largest absolute Gasteiger partial charge is 0.361 e. The molecule has 48 heavy (non-hydrogen) atoms. The smallest absolute Gasteiger partial charge is 0.165 e. The molecule has 4 aromatic rings. The summed E-state index contributed by atoms with van der Waals surface area (Å²) >= 11 is 0. The van der Waals surface area contributed by atoms with E-state index in [0.717, 1.165) is 71.7 Å². The molecule has 5 rings (SSSR count). The highest BCUT2D eigenvalue weighted by atomic mass is 32.2. The van der Waals surface area contributed by atoms with E-state index in [-0.39, 0.29) is 17.6 Å². The van der Waals surface area contributed by atoms with Gasteiger partial charge in [0, 0.05) is 70.6 Å². The van der Waals surface area contributed by atoms with Gasteiger partial charge in [-0.3, -0.25) is 0 Å². The number of rotatable bonds is 16. The second-order valence-electron chi connectivity index (χ2n) is 15.9. The van der Waals surface area contributed by atoms with Crippen molar-refractivity contribution in [1.29, 1.82) is 0 Å². The van der Waals surface area contributed by atoms with Crippen molar-refractivity contribution in [2.24, 2.45) is 5.92 Å². The van der Waals surface area contributed by atoms with Gasteiger partial charge in [-0.2, -0.15) is 14.7 Å². The van der Waals surface area contributed by atoms with Crippen LogP contribution in [0.3, 0.4) is 0 Å². The van der Waals surface area contributed by atoms with Gasteiger partial charge in [-0.05, 0) is 55.8 Å². The van der Waals surface area contributed by atoms with Crippen LogP contribution in [0.25, 0.3) is 22.5 Å². The third-order valence-electron chi connectivity index (χ3n) is 9.00. The Labute approximate surface area is 288 Å². The molecule has 3 aromatic heterocycles. The van der Waals surface area contributed by atoms with Crippen LogP contribution in [0.1, 0.15) is 37.3 Å². The molecule has 0 saturated heterocycles. The van der Waals surface area contributed by atoms with Gasteiger partial charge in [0.2, 0.25) is 0 Å². The molecule has 1 fully saturated rings. The molecule has 0 N–H and O–H groups in total. The molecule has 13 heteroatoms. The quantitative estimate of drug-likeness (QED) is 0.0677. The third kappa shape index (κ3) is 10.3. The molecule has 0 spiro atoms. The molecule has 3 heterocycles. The van der Waals surface area contributed by atoms with Crippen LogP contribution in [0.2, 0.25) is 51.4 Å². The van der Waals surface area contributed by atoms with E-state index >= 15 is 0 Å². The first kappa shape index (κ1) is 36.4. The second kappa shape index (κ2) is 15.4. The maximum atomic E-state index is 12.0. The Morgan fingerprint density at radius 2 is 1.50 bits per heavy atom. The Bertz CT molecular complexity index is 1720. The van der Waals surface area contributed by atoms with Crippen molar-refractivity contribution in [3.8, 4) is 16.8 Å². The minimum Gasteiger partial charge on any atom is -0.361 e. The zero-order valence-corrected chi connectivity index (χ0v) is 32.7. The summed E-state index contributed by atoms with van der Waals surface area (Å²) in [5.74, 6) is 1.56. The van der Waals surface area contributed by atoms with E-state index < -0.39 is 26.0 Å². The van der Waals surface area contributed by atoms with Crippen LogP contribution in [-0.2, 0) is 19.3 Å². The maximum absolute atomic E-state index is 12.0. The summed E-state index contributed by atoms with van der Waals surface area (Å²) in [5.41, 5.74) is 4.60. The number of hydrogen-bond acceptors (Lipinski definition) is 8. The van der Waals surface area contributed by atoms with Gasteiger partial charge in [0.05, 0.1) is 23.8 Å². The van der Waals surface area contributed by atoms with Gasteiger partial charge in [-0.25, -0.2) is 18.1 Å². The average molecular weight is 711 g/mol. The van der Waals surface area contributed by atoms with Crippen LogP contribution < -0.4 is 4.90 Å². The zero-order chi connectivity index (χ0) is 34.5. The highest BCUT2D eigenvalue weighted by Gasteiger charge is 2.28. The summed E-state index contributed by atoms with van der Waals surface area (Å²) < 4.78 is 40.5. The Morgan fingerprint density at radius 1 is 0.875 bits per heavy atom. The summed E-state index contributed by atoms with van der Waals surface area (Å²) in [5, 5.41) is 9.54. The molecule has 1 aromatic carbocycles. The fourth-order valence-corrected chi connectivity index (χ4v) is 8.82. The number of sulfone groups is 1. The van der Waals surface area contributed by atoms with Crippen molar-refractivity contribution in [3.05, 3.63) is 60.7 Å². The van der Waals surface area contributed by atoms with Crippen molar-refractivity contribution in [2.75, 3.05) is 43.6 Å². The molecule has 262 valence electrons. The molecule has 0 aliphatic heterocycles. The average Bonchev–Trinajstić information content (AvgIpc) is 3.67. The van der Waals surface area contributed by atoms with E-state index in [1.165, 1.54) is 6.26 Å². The summed E-state index contributed by atoms with van der Waals surface area (Å²) in [6.45, 7) is 16.4. The summed E-state index contributed by atoms with van der Waals surface area (Å²) in [6.07, 6.45) is 10.7. The van der Waals surface area contributed by atoms with Gasteiger partial charge in [0.25, 0.3) is 0 Å². The molecule has 0 unspecified atom stereocenters. The molecule has 1 aliphatic carbocycles. The number of hydrogen-bond donors (Lipinski definition) is 0. The van der Waals surface area contributed by atoms with Gasteiger partial charge in [-0.15, -0.1) is 0 Å². The molecular formula is C35H54N6O4SSi2. The van der Waals surface area contributed by atoms with E-state index in [0.29, 0.717) is 26.7 Å². The number of fused-ring (bicyclic) bond motifs is 1. The minimum atomic E-state index is -3.01. The van der Waals surface area contributed by atoms with Crippen molar-refractivity contribution in [3.63, 3.8) is 0 Å². The Balaban J connectivity index is 1.50. The normalized spacial score (nSPS) is 17.6. The lowest BCUT2D eigenvalue weighted by atomic mass is 9.81. The molecule has 1 aliphatic rings. The first-order valence-electron chi connectivity index (χ1n) is 17.2. The Hall–Kier alpha value is -2.85. The lowest BCUT2D eigenvalue weighted by Crippen LogP contribution is -2.33. The monoisotopic (exact) mass is 710 g/mol. The second-order valence-corrected chi connectivity index (χ2v) is 29.3. The maximum Gasteiger partial charge on any atom is 0.165 e. The van der Waals surface area contributed by atoms with E-state index in [9.17, 15) is 8.42 Å². The van der Waals surface area contributed by atoms with Gasteiger partial charge in [0.1, 0.15) is 29.1 Å². The van der Waals surface area contributed by atoms with E-state index in [2.05, 4.69) is 55.3 Å². The predicted molar refractivity (Wildman–Crippen MR) is 200 cm³/mol. The fraction of sp³-hybridized carbons (Fsp3) is 0.571. The van der Waals surface area contributed by atoms with Crippen LogP contribution in [-0.4, -0.2) is 87.6 Å². The minimum absolute atomic E-state index is 0.199. The lowest BCUT2D eigenvalue weighted by molar-refractivity contribution is 0.0942. The van der Waals surface area contributed by atoms with Gasteiger partial charge in [0.15, 0.2) is 5.65 Å². The zero-order valence-electron chi connectivity index (χ0n) is 29.9. The SMILES string of the molecule is C[Si](C)(C)CCOCN(COCC[Si](C)(C)C)c1cc([C@H]2CC[C@H](CS(C)(=O)=O)CC2)nc2c(-c3cnn(-c4ccccc4)c3)cnn12. The number of ether oxygens (including phenoxy) is 2. The van der Waals surface area contributed by atoms with Crippen molar-refractivity contribution >= 4 is 37.5 Å². The van der Waals surface area contributed by atoms with Gasteiger partial charge < -0.3 is 14.4 Å². The van der Waals surface area contributed by atoms with Crippen molar-refractivity contribution < 1.29 is 17.9 Å². The van der Waals surface area contributed by atoms with Crippen LogP contribution in [0.4, 0.5) is 5.82 Å². The number of nitrogens with zero attached hydrogens (tertiary/aromatic N) is 6. The Kier molecular flexibility index (Phi) is 11.7. The lowest BCUT2D eigenvalue weighted by Gasteiger charge is -2.30. The number of para-hydroxylation sites is 1. The first-order chi connectivity index (χ1) is 22.7.